The van der Waals surface area contributed by atoms with Gasteiger partial charge in [0.15, 0.2) is 0 Å². The summed E-state index contributed by atoms with van der Waals surface area (Å²) in [7, 11) is 1.65. The van der Waals surface area contributed by atoms with Crippen LogP contribution in [0.4, 0.5) is 0 Å². The molecule has 0 aliphatic rings. The molecule has 3 rings (SSSR count). The molecule has 0 spiro atoms. The minimum Gasteiger partial charge on any atom is -0.380 e. The van der Waals surface area contributed by atoms with Crippen molar-refractivity contribution < 1.29 is 9.53 Å². The van der Waals surface area contributed by atoms with E-state index in [1.54, 1.807) is 31.4 Å². The van der Waals surface area contributed by atoms with Gasteiger partial charge in [-0.3, -0.25) is 4.79 Å². The summed E-state index contributed by atoms with van der Waals surface area (Å²) in [6.45, 7) is 0.972. The van der Waals surface area contributed by atoms with Gasteiger partial charge in [0.05, 0.1) is 12.3 Å². The lowest BCUT2D eigenvalue weighted by Crippen LogP contribution is -2.23. The van der Waals surface area contributed by atoms with E-state index in [4.69, 9.17) is 4.74 Å². The van der Waals surface area contributed by atoms with Crippen LogP contribution in [0.2, 0.25) is 0 Å². The number of benzene rings is 2. The zero-order valence-electron chi connectivity index (χ0n) is 13.2. The van der Waals surface area contributed by atoms with Crippen LogP contribution in [0.15, 0.2) is 54.9 Å². The normalized spacial score (nSPS) is 10.5. The molecule has 0 bridgehead atoms. The monoisotopic (exact) mass is 323 g/mol. The molecular formula is C17H17N5O2. The van der Waals surface area contributed by atoms with Crippen LogP contribution in [0.3, 0.4) is 0 Å². The Morgan fingerprint density at radius 3 is 2.54 bits per heavy atom. The van der Waals surface area contributed by atoms with Crippen molar-refractivity contribution >= 4 is 5.91 Å². The first-order chi connectivity index (χ1) is 11.8. The Kier molecular flexibility index (Phi) is 4.93. The number of carbonyl (C=O) groups is 1. The van der Waals surface area contributed by atoms with Crippen molar-refractivity contribution in [2.45, 2.75) is 13.2 Å². The molecule has 0 atom stereocenters. The molecule has 7 heteroatoms. The number of methoxy groups -OCH3 is 1. The average molecular weight is 323 g/mol. The number of nitrogens with zero attached hydrogens (tertiary/aromatic N) is 4. The van der Waals surface area contributed by atoms with Gasteiger partial charge >= 0.3 is 0 Å². The highest BCUT2D eigenvalue weighted by atomic mass is 16.5. The first kappa shape index (κ1) is 15.8. The summed E-state index contributed by atoms with van der Waals surface area (Å²) in [6, 6.07) is 15.0. The van der Waals surface area contributed by atoms with Gasteiger partial charge in [0.25, 0.3) is 5.91 Å². The number of ether oxygens (including phenoxy) is 1. The Morgan fingerprint density at radius 1 is 1.12 bits per heavy atom. The number of tetrazole rings is 1. The zero-order valence-corrected chi connectivity index (χ0v) is 13.2. The minimum absolute atomic E-state index is 0.134. The van der Waals surface area contributed by atoms with Gasteiger partial charge in [-0.15, -0.1) is 5.10 Å². The Balaban J connectivity index is 1.65. The average Bonchev–Trinajstić information content (AvgIpc) is 3.16. The maximum Gasteiger partial charge on any atom is 0.251 e. The second-order valence-electron chi connectivity index (χ2n) is 5.19. The molecule has 1 aromatic heterocycles. The predicted molar refractivity (Wildman–Crippen MR) is 87.5 cm³/mol. The molecule has 0 saturated heterocycles. The molecule has 1 N–H and O–H groups in total. The fourth-order valence-corrected chi connectivity index (χ4v) is 2.35. The summed E-state index contributed by atoms with van der Waals surface area (Å²) in [6.07, 6.45) is 1.50. The van der Waals surface area contributed by atoms with Gasteiger partial charge in [-0.25, -0.2) is 4.68 Å². The second kappa shape index (κ2) is 7.47. The topological polar surface area (TPSA) is 81.9 Å². The molecule has 3 aromatic rings. The van der Waals surface area contributed by atoms with Crippen LogP contribution in [0, 0.1) is 0 Å². The van der Waals surface area contributed by atoms with Crippen molar-refractivity contribution in [2.24, 2.45) is 0 Å². The quantitative estimate of drug-likeness (QED) is 0.747. The summed E-state index contributed by atoms with van der Waals surface area (Å²) >= 11 is 0. The van der Waals surface area contributed by atoms with E-state index in [2.05, 4.69) is 20.8 Å². The summed E-state index contributed by atoms with van der Waals surface area (Å²) in [5.41, 5.74) is 3.48. The number of rotatable bonds is 6. The lowest BCUT2D eigenvalue weighted by molar-refractivity contribution is 0.0950. The fourth-order valence-electron chi connectivity index (χ4n) is 2.35. The lowest BCUT2D eigenvalue weighted by atomic mass is 10.1. The maximum atomic E-state index is 12.3. The molecule has 1 amide bonds. The van der Waals surface area contributed by atoms with E-state index < -0.39 is 0 Å². The molecule has 7 nitrogen and oxygen atoms in total. The van der Waals surface area contributed by atoms with E-state index in [-0.39, 0.29) is 5.91 Å². The van der Waals surface area contributed by atoms with Crippen molar-refractivity contribution in [3.8, 4) is 5.69 Å². The maximum absolute atomic E-state index is 12.3. The van der Waals surface area contributed by atoms with E-state index in [9.17, 15) is 4.79 Å². The summed E-state index contributed by atoms with van der Waals surface area (Å²) in [5, 5.41) is 13.9. The number of hydrogen-bond donors (Lipinski definition) is 1. The molecule has 0 radical (unpaired) electrons. The SMILES string of the molecule is COCc1ccccc1CNC(=O)c1ccc(-n2cnnn2)cc1. The lowest BCUT2D eigenvalue weighted by Gasteiger charge is -2.10. The number of carbonyl (C=O) groups excluding carboxylic acids is 1. The Morgan fingerprint density at radius 2 is 1.88 bits per heavy atom. The molecular weight excluding hydrogens is 306 g/mol. The predicted octanol–water partition coefficient (Wildman–Crippen LogP) is 1.74. The van der Waals surface area contributed by atoms with Crippen LogP contribution in [-0.2, 0) is 17.9 Å². The fraction of sp³-hybridized carbons (Fsp3) is 0.176. The molecule has 0 unspecified atom stereocenters. The van der Waals surface area contributed by atoms with Gasteiger partial charge in [-0.2, -0.15) is 0 Å². The Bertz CT molecular complexity index is 800. The molecule has 122 valence electrons. The summed E-state index contributed by atoms with van der Waals surface area (Å²) in [5.74, 6) is -0.134. The third-order valence-electron chi connectivity index (χ3n) is 3.60. The smallest absolute Gasteiger partial charge is 0.251 e. The molecule has 0 aliphatic carbocycles. The van der Waals surface area contributed by atoms with E-state index in [1.807, 2.05) is 24.3 Å². The van der Waals surface area contributed by atoms with E-state index >= 15 is 0 Å². The highest BCUT2D eigenvalue weighted by Crippen LogP contribution is 2.11. The van der Waals surface area contributed by atoms with Gasteiger partial charge in [-0.05, 0) is 45.8 Å². The Hall–Kier alpha value is -3.06. The van der Waals surface area contributed by atoms with Crippen molar-refractivity contribution in [1.29, 1.82) is 0 Å². The van der Waals surface area contributed by atoms with Gasteiger partial charge in [-0.1, -0.05) is 24.3 Å². The number of nitrogens with one attached hydrogen (secondary N) is 1. The van der Waals surface area contributed by atoms with Crippen LogP contribution in [0.1, 0.15) is 21.5 Å². The number of amides is 1. The van der Waals surface area contributed by atoms with E-state index in [0.29, 0.717) is 18.7 Å². The molecule has 0 saturated carbocycles. The minimum atomic E-state index is -0.134. The highest BCUT2D eigenvalue weighted by Gasteiger charge is 2.08. The largest absolute Gasteiger partial charge is 0.380 e. The van der Waals surface area contributed by atoms with Crippen LogP contribution >= 0.6 is 0 Å². The molecule has 1 heterocycles. The first-order valence-electron chi connectivity index (χ1n) is 7.45. The van der Waals surface area contributed by atoms with Crippen molar-refractivity contribution in [1.82, 2.24) is 25.5 Å². The van der Waals surface area contributed by atoms with Gasteiger partial charge in [0.1, 0.15) is 6.33 Å². The van der Waals surface area contributed by atoms with Gasteiger partial charge in [0.2, 0.25) is 0 Å². The van der Waals surface area contributed by atoms with Crippen LogP contribution in [0.5, 0.6) is 0 Å². The van der Waals surface area contributed by atoms with Crippen molar-refractivity contribution in [3.63, 3.8) is 0 Å². The standard InChI is InChI=1S/C17H17N5O2/c1-24-11-15-5-3-2-4-14(15)10-18-17(23)13-6-8-16(9-7-13)22-12-19-20-21-22/h2-9,12H,10-11H2,1H3,(H,18,23). The second-order valence-corrected chi connectivity index (χ2v) is 5.19. The molecule has 0 aliphatic heterocycles. The number of aromatic nitrogens is 4. The third kappa shape index (κ3) is 3.64. The number of hydrogen-bond acceptors (Lipinski definition) is 5. The van der Waals surface area contributed by atoms with Crippen LogP contribution in [0.25, 0.3) is 5.69 Å². The highest BCUT2D eigenvalue weighted by molar-refractivity contribution is 5.94. The molecule has 0 fully saturated rings. The summed E-state index contributed by atoms with van der Waals surface area (Å²) < 4.78 is 6.71. The third-order valence-corrected chi connectivity index (χ3v) is 3.60. The molecule has 24 heavy (non-hydrogen) atoms. The molecule has 2 aromatic carbocycles. The first-order valence-corrected chi connectivity index (χ1v) is 7.45. The van der Waals surface area contributed by atoms with E-state index in [0.717, 1.165) is 16.8 Å². The van der Waals surface area contributed by atoms with Crippen molar-refractivity contribution in [3.05, 3.63) is 71.5 Å². The van der Waals surface area contributed by atoms with Crippen molar-refractivity contribution in [2.75, 3.05) is 7.11 Å². The van der Waals surface area contributed by atoms with Gasteiger partial charge in [0, 0.05) is 19.2 Å². The zero-order chi connectivity index (χ0) is 16.8. The Labute approximate surface area is 139 Å². The summed E-state index contributed by atoms with van der Waals surface area (Å²) in [4.78, 5) is 12.3. The van der Waals surface area contributed by atoms with E-state index in [1.165, 1.54) is 11.0 Å². The van der Waals surface area contributed by atoms with Gasteiger partial charge < -0.3 is 10.1 Å². The van der Waals surface area contributed by atoms with Crippen LogP contribution < -0.4 is 5.32 Å². The van der Waals surface area contributed by atoms with Crippen LogP contribution in [-0.4, -0.2) is 33.2 Å².